The summed E-state index contributed by atoms with van der Waals surface area (Å²) >= 11 is 0. The molecular weight excluding hydrogens is 162 g/mol. The molecule has 13 heavy (non-hydrogen) atoms. The summed E-state index contributed by atoms with van der Waals surface area (Å²) in [5.41, 5.74) is 1.46. The Labute approximate surface area is 77.8 Å². The third kappa shape index (κ3) is 1.61. The van der Waals surface area contributed by atoms with E-state index >= 15 is 0 Å². The van der Waals surface area contributed by atoms with Gasteiger partial charge in [0.05, 0.1) is 0 Å². The van der Waals surface area contributed by atoms with Crippen molar-refractivity contribution >= 4 is 12.2 Å². The van der Waals surface area contributed by atoms with E-state index in [2.05, 4.69) is 13.2 Å². The maximum absolute atomic E-state index is 11.7. The fourth-order valence-corrected chi connectivity index (χ4v) is 1.24. The first-order valence-corrected chi connectivity index (χ1v) is 4.23. The summed E-state index contributed by atoms with van der Waals surface area (Å²) in [4.78, 5) is 11.7. The fourth-order valence-electron chi connectivity index (χ4n) is 1.24. The lowest BCUT2D eigenvalue weighted by molar-refractivity contribution is 0.725. The van der Waals surface area contributed by atoms with Crippen LogP contribution in [0.25, 0.3) is 12.2 Å². The third-order valence-electron chi connectivity index (χ3n) is 2.00. The van der Waals surface area contributed by atoms with E-state index in [1.165, 1.54) is 0 Å². The van der Waals surface area contributed by atoms with E-state index in [0.29, 0.717) is 12.1 Å². The highest BCUT2D eigenvalue weighted by Gasteiger charge is 2.02. The molecular formula is C11H13NO. The van der Waals surface area contributed by atoms with Crippen LogP contribution in [0.1, 0.15) is 18.1 Å². The number of pyridine rings is 1. The van der Waals surface area contributed by atoms with Gasteiger partial charge < -0.3 is 4.57 Å². The molecule has 0 saturated carbocycles. The number of hydrogen-bond donors (Lipinski definition) is 0. The molecule has 0 unspecified atom stereocenters. The summed E-state index contributed by atoms with van der Waals surface area (Å²) < 4.78 is 1.64. The van der Waals surface area contributed by atoms with Crippen LogP contribution in [-0.2, 0) is 6.54 Å². The zero-order valence-corrected chi connectivity index (χ0v) is 7.79. The molecule has 0 bridgehead atoms. The van der Waals surface area contributed by atoms with Crippen molar-refractivity contribution in [2.75, 3.05) is 0 Å². The van der Waals surface area contributed by atoms with Crippen LogP contribution < -0.4 is 5.56 Å². The number of nitrogens with zero attached hydrogens (tertiary/aromatic N) is 1. The average molecular weight is 175 g/mol. The van der Waals surface area contributed by atoms with Crippen molar-refractivity contribution in [3.63, 3.8) is 0 Å². The van der Waals surface area contributed by atoms with Crippen molar-refractivity contribution in [2.45, 2.75) is 13.5 Å². The van der Waals surface area contributed by atoms with Crippen molar-refractivity contribution in [1.29, 1.82) is 0 Å². The van der Waals surface area contributed by atoms with Gasteiger partial charge in [-0.25, -0.2) is 0 Å². The fraction of sp³-hybridized carbons (Fsp3) is 0.182. The molecule has 0 radical (unpaired) electrons. The van der Waals surface area contributed by atoms with E-state index in [0.717, 1.165) is 5.56 Å². The summed E-state index contributed by atoms with van der Waals surface area (Å²) in [7, 11) is 0. The lowest BCUT2D eigenvalue weighted by Crippen LogP contribution is -2.21. The molecule has 1 heterocycles. The minimum atomic E-state index is -0.00472. The smallest absolute Gasteiger partial charge is 0.258 e. The molecule has 68 valence electrons. The monoisotopic (exact) mass is 175 g/mol. The topological polar surface area (TPSA) is 22.0 Å². The summed E-state index contributed by atoms with van der Waals surface area (Å²) in [6, 6.07) is 1.87. The molecule has 0 atom stereocenters. The van der Waals surface area contributed by atoms with E-state index in [9.17, 15) is 4.79 Å². The maximum Gasteiger partial charge on any atom is 0.258 e. The van der Waals surface area contributed by atoms with Crippen LogP contribution in [-0.4, -0.2) is 4.57 Å². The second kappa shape index (κ2) is 3.90. The minimum Gasteiger partial charge on any atom is -0.315 e. The highest BCUT2D eigenvalue weighted by atomic mass is 16.1. The normalized spacial score (nSPS) is 9.62. The van der Waals surface area contributed by atoms with E-state index in [-0.39, 0.29) is 5.56 Å². The Morgan fingerprint density at radius 2 is 2.15 bits per heavy atom. The molecule has 0 aromatic carbocycles. The molecule has 0 aliphatic rings. The molecule has 0 aliphatic carbocycles. The lowest BCUT2D eigenvalue weighted by atomic mass is 10.1. The van der Waals surface area contributed by atoms with Crippen molar-refractivity contribution in [1.82, 2.24) is 4.57 Å². The van der Waals surface area contributed by atoms with Gasteiger partial charge in [-0.05, 0) is 18.6 Å². The van der Waals surface area contributed by atoms with Crippen LogP contribution in [0.3, 0.4) is 0 Å². The van der Waals surface area contributed by atoms with Crippen LogP contribution >= 0.6 is 0 Å². The first-order chi connectivity index (χ1) is 6.24. The number of aromatic nitrogens is 1. The van der Waals surface area contributed by atoms with Crippen molar-refractivity contribution in [2.24, 2.45) is 0 Å². The molecule has 0 N–H and O–H groups in total. The molecule has 0 spiro atoms. The van der Waals surface area contributed by atoms with Crippen molar-refractivity contribution in [3.05, 3.63) is 46.9 Å². The van der Waals surface area contributed by atoms with Gasteiger partial charge in [-0.15, -0.1) is 0 Å². The predicted molar refractivity (Wildman–Crippen MR) is 56.6 cm³/mol. The van der Waals surface area contributed by atoms with E-state index in [4.69, 9.17) is 0 Å². The molecule has 0 amide bonds. The molecule has 2 nitrogen and oxygen atoms in total. The van der Waals surface area contributed by atoms with Gasteiger partial charge in [-0.3, -0.25) is 4.79 Å². The Bertz CT molecular complexity index is 388. The van der Waals surface area contributed by atoms with Crippen molar-refractivity contribution in [3.8, 4) is 0 Å². The first kappa shape index (κ1) is 9.52. The standard InChI is InChI=1S/C11H13NO/c1-4-9-7-8-12(6-3)11(13)10(9)5-2/h4-5,7-8H,1-2,6H2,3H3. The molecule has 0 saturated heterocycles. The molecule has 2 heteroatoms. The summed E-state index contributed by atoms with van der Waals surface area (Å²) in [5, 5.41) is 0. The van der Waals surface area contributed by atoms with Crippen LogP contribution in [0.15, 0.2) is 30.2 Å². The van der Waals surface area contributed by atoms with Crippen molar-refractivity contribution < 1.29 is 0 Å². The molecule has 0 aliphatic heterocycles. The summed E-state index contributed by atoms with van der Waals surface area (Å²) in [5.74, 6) is 0. The molecule has 1 aromatic rings. The Morgan fingerprint density at radius 1 is 1.46 bits per heavy atom. The van der Waals surface area contributed by atoms with Gasteiger partial charge in [0.25, 0.3) is 5.56 Å². The summed E-state index contributed by atoms with van der Waals surface area (Å²) in [6.45, 7) is 9.86. The average Bonchev–Trinajstić information content (AvgIpc) is 2.17. The van der Waals surface area contributed by atoms with Crippen LogP contribution in [0.4, 0.5) is 0 Å². The van der Waals surface area contributed by atoms with Gasteiger partial charge in [0, 0.05) is 18.3 Å². The van der Waals surface area contributed by atoms with E-state index in [1.807, 2.05) is 13.0 Å². The second-order valence-corrected chi connectivity index (χ2v) is 2.68. The molecule has 1 aromatic heterocycles. The molecule has 0 fully saturated rings. The Kier molecular flexibility index (Phi) is 2.85. The highest BCUT2D eigenvalue weighted by Crippen LogP contribution is 2.06. The SMILES string of the molecule is C=Cc1ccn(CC)c(=O)c1C=C. The van der Waals surface area contributed by atoms with Gasteiger partial charge in [0.15, 0.2) is 0 Å². The Balaban J connectivity index is 3.49. The minimum absolute atomic E-state index is 0.00472. The largest absolute Gasteiger partial charge is 0.315 e. The predicted octanol–water partition coefficient (Wildman–Crippen LogP) is 2.15. The van der Waals surface area contributed by atoms with Crippen LogP contribution in [0.2, 0.25) is 0 Å². The number of hydrogen-bond acceptors (Lipinski definition) is 1. The van der Waals surface area contributed by atoms with Gasteiger partial charge in [0.2, 0.25) is 0 Å². The first-order valence-electron chi connectivity index (χ1n) is 4.23. The number of aryl methyl sites for hydroxylation is 1. The van der Waals surface area contributed by atoms with Gasteiger partial charge >= 0.3 is 0 Å². The number of rotatable bonds is 3. The van der Waals surface area contributed by atoms with Gasteiger partial charge in [-0.1, -0.05) is 25.3 Å². The van der Waals surface area contributed by atoms with E-state index in [1.54, 1.807) is 22.9 Å². The van der Waals surface area contributed by atoms with Crippen LogP contribution in [0, 0.1) is 0 Å². The molecule has 1 rings (SSSR count). The second-order valence-electron chi connectivity index (χ2n) is 2.68. The zero-order chi connectivity index (χ0) is 9.84. The highest BCUT2D eigenvalue weighted by molar-refractivity contribution is 5.62. The third-order valence-corrected chi connectivity index (χ3v) is 2.00. The van der Waals surface area contributed by atoms with E-state index < -0.39 is 0 Å². The lowest BCUT2D eigenvalue weighted by Gasteiger charge is -2.05. The summed E-state index contributed by atoms with van der Waals surface area (Å²) in [6.07, 6.45) is 5.01. The quantitative estimate of drug-likeness (QED) is 0.690. The Hall–Kier alpha value is -1.57. The Morgan fingerprint density at radius 3 is 2.62 bits per heavy atom. The van der Waals surface area contributed by atoms with Crippen LogP contribution in [0.5, 0.6) is 0 Å². The van der Waals surface area contributed by atoms with Gasteiger partial charge in [-0.2, -0.15) is 0 Å². The maximum atomic E-state index is 11.7. The zero-order valence-electron chi connectivity index (χ0n) is 7.79. The van der Waals surface area contributed by atoms with Gasteiger partial charge in [0.1, 0.15) is 0 Å².